The number of carbonyl (C=O) groups is 3. The number of pyridine rings is 1. The van der Waals surface area contributed by atoms with Crippen molar-refractivity contribution in [1.82, 2.24) is 14.8 Å². The molecule has 1 heterocycles. The van der Waals surface area contributed by atoms with Crippen molar-refractivity contribution in [2.45, 2.75) is 30.9 Å². The van der Waals surface area contributed by atoms with E-state index in [9.17, 15) is 34.8 Å². The summed E-state index contributed by atoms with van der Waals surface area (Å²) in [6.07, 6.45) is 0.784. The van der Waals surface area contributed by atoms with Crippen LogP contribution in [0.25, 0.3) is 5.76 Å². The van der Waals surface area contributed by atoms with E-state index in [-0.39, 0.29) is 34.9 Å². The number of fused-ring (bicyclic) bond motifs is 3. The number of aromatic hydroxyl groups is 1. The number of Topliss-reactive ketones (excluding diaryl/α,β-unsaturated/α-hetero) is 2. The number of rotatable bonds is 7. The molecule has 1 saturated carbocycles. The summed E-state index contributed by atoms with van der Waals surface area (Å²) in [7, 11) is 6.93. The molecule has 0 unspecified atom stereocenters. The summed E-state index contributed by atoms with van der Waals surface area (Å²) in [5.41, 5.74) is 1.76. The lowest BCUT2D eigenvalue weighted by molar-refractivity contribution is -0.153. The summed E-state index contributed by atoms with van der Waals surface area (Å²) in [6.45, 7) is 1.22. The Morgan fingerprint density at radius 1 is 1.21 bits per heavy atom. The van der Waals surface area contributed by atoms with Crippen molar-refractivity contribution in [3.8, 4) is 5.75 Å². The molecule has 0 aromatic carbocycles. The first-order valence-corrected chi connectivity index (χ1v) is 12.6. The fourth-order valence-corrected chi connectivity index (χ4v) is 6.14. The highest BCUT2D eigenvalue weighted by Crippen LogP contribution is 2.53. The van der Waals surface area contributed by atoms with E-state index < -0.39 is 63.8 Å². The Morgan fingerprint density at radius 2 is 1.87 bits per heavy atom. The molecule has 206 valence electrons. The molecule has 3 aliphatic rings. The number of carbonyl (C=O) groups excluding carboxylic acids is 3. The van der Waals surface area contributed by atoms with Gasteiger partial charge in [-0.3, -0.25) is 19.3 Å². The van der Waals surface area contributed by atoms with E-state index in [4.69, 9.17) is 17.3 Å². The maximum atomic E-state index is 13.9. The van der Waals surface area contributed by atoms with Crippen molar-refractivity contribution in [3.63, 3.8) is 0 Å². The Bertz CT molecular complexity index is 1290. The van der Waals surface area contributed by atoms with E-state index in [1.54, 1.807) is 14.1 Å². The first-order valence-electron chi connectivity index (χ1n) is 12.2. The molecule has 1 aromatic rings. The van der Waals surface area contributed by atoms with Crippen LogP contribution in [0.2, 0.25) is 5.15 Å². The molecule has 1 aromatic heterocycles. The topological polar surface area (TPSA) is 190 Å². The molecule has 7 N–H and O–H groups in total. The SMILES string of the molecule is CN(C)CCCNc1nc(Cl)c2c(c1O)C(O)=C1C(=O)[C@]3(O)C(O)=C(C(N)=O)C(=O)[C@@H](N(C)C)[C@@H]3C[C@@H]1C2. The smallest absolute Gasteiger partial charge is 0.255 e. The second kappa shape index (κ2) is 9.84. The van der Waals surface area contributed by atoms with Gasteiger partial charge in [0.2, 0.25) is 5.78 Å². The molecule has 3 aliphatic carbocycles. The van der Waals surface area contributed by atoms with Gasteiger partial charge in [-0.05, 0) is 59.9 Å². The van der Waals surface area contributed by atoms with Crippen molar-refractivity contribution >= 4 is 40.7 Å². The third kappa shape index (κ3) is 4.12. The largest absolute Gasteiger partial charge is 0.508 e. The van der Waals surface area contributed by atoms with Crippen LogP contribution in [0.1, 0.15) is 24.0 Å². The van der Waals surface area contributed by atoms with E-state index in [1.807, 2.05) is 19.0 Å². The Balaban J connectivity index is 1.84. The van der Waals surface area contributed by atoms with Crippen LogP contribution in [0, 0.1) is 11.8 Å². The van der Waals surface area contributed by atoms with Crippen LogP contribution in [-0.4, -0.2) is 106 Å². The number of nitrogens with two attached hydrogens (primary N) is 1. The minimum absolute atomic E-state index is 0.0204. The van der Waals surface area contributed by atoms with E-state index in [1.165, 1.54) is 4.90 Å². The lowest BCUT2D eigenvalue weighted by Gasteiger charge is -2.50. The summed E-state index contributed by atoms with van der Waals surface area (Å²) < 4.78 is 0. The minimum Gasteiger partial charge on any atom is -0.508 e. The highest BCUT2D eigenvalue weighted by molar-refractivity contribution is 6.31. The van der Waals surface area contributed by atoms with Crippen LogP contribution in [-0.2, 0) is 20.8 Å². The van der Waals surface area contributed by atoms with Gasteiger partial charge in [0.15, 0.2) is 23.0 Å². The van der Waals surface area contributed by atoms with Gasteiger partial charge in [-0.25, -0.2) is 4.98 Å². The molecule has 0 saturated heterocycles. The Morgan fingerprint density at radius 3 is 2.45 bits per heavy atom. The molecule has 38 heavy (non-hydrogen) atoms. The van der Waals surface area contributed by atoms with Crippen LogP contribution in [0.3, 0.4) is 0 Å². The molecular weight excluding hydrogens is 518 g/mol. The zero-order chi connectivity index (χ0) is 28.3. The number of primary amides is 1. The lowest BCUT2D eigenvalue weighted by Crippen LogP contribution is -2.65. The second-order valence-corrected chi connectivity index (χ2v) is 10.9. The molecule has 1 fully saturated rings. The Labute approximate surface area is 224 Å². The number of halogens is 1. The number of hydrogen-bond donors (Lipinski definition) is 6. The monoisotopic (exact) mass is 549 g/mol. The van der Waals surface area contributed by atoms with Crippen LogP contribution in [0.5, 0.6) is 5.75 Å². The Kier molecular flexibility index (Phi) is 7.21. The lowest BCUT2D eigenvalue weighted by atomic mass is 9.57. The van der Waals surface area contributed by atoms with Gasteiger partial charge in [0.05, 0.1) is 11.6 Å². The summed E-state index contributed by atoms with van der Waals surface area (Å²) in [5, 5.41) is 47.8. The quantitative estimate of drug-likeness (QED) is 0.156. The maximum Gasteiger partial charge on any atom is 0.255 e. The minimum atomic E-state index is -2.69. The van der Waals surface area contributed by atoms with E-state index in [0.29, 0.717) is 12.1 Å². The Hall–Kier alpha value is -3.19. The van der Waals surface area contributed by atoms with Crippen LogP contribution >= 0.6 is 11.6 Å². The van der Waals surface area contributed by atoms with Crippen molar-refractivity contribution in [3.05, 3.63) is 33.2 Å². The van der Waals surface area contributed by atoms with Gasteiger partial charge >= 0.3 is 0 Å². The fourth-order valence-electron chi connectivity index (χ4n) is 5.88. The molecule has 0 radical (unpaired) electrons. The number of nitrogens with one attached hydrogen (secondary N) is 1. The maximum absolute atomic E-state index is 13.9. The van der Waals surface area contributed by atoms with Gasteiger partial charge in [-0.15, -0.1) is 0 Å². The van der Waals surface area contributed by atoms with Crippen molar-refractivity contribution in [2.75, 3.05) is 46.6 Å². The zero-order valence-corrected chi connectivity index (χ0v) is 22.3. The number of likely N-dealkylation sites (N-methyl/N-ethyl adjacent to an activating group) is 1. The highest BCUT2D eigenvalue weighted by Gasteiger charge is 2.64. The van der Waals surface area contributed by atoms with E-state index >= 15 is 0 Å². The standard InChI is InChI=1S/C25H32ClN5O7/c1-30(2)7-5-6-28-24-19(34)14-11(22(26)29-24)8-10-9-12-16(31(3)4)18(33)15(23(27)37)21(36)25(12,38)20(35)13(10)17(14)32/h10,12,16,32,34,36,38H,5-9H2,1-4H3,(H2,27,37)(H,28,29)/t10-,12-,16-,25-/m0/s1. The first-order chi connectivity index (χ1) is 17.7. The summed E-state index contributed by atoms with van der Waals surface area (Å²) >= 11 is 6.46. The van der Waals surface area contributed by atoms with Gasteiger partial charge < -0.3 is 36.4 Å². The number of aromatic nitrogens is 1. The third-order valence-electron chi connectivity index (χ3n) is 7.61. The summed E-state index contributed by atoms with van der Waals surface area (Å²) in [5.74, 6) is -7.17. The predicted molar refractivity (Wildman–Crippen MR) is 139 cm³/mol. The zero-order valence-electron chi connectivity index (χ0n) is 21.6. The van der Waals surface area contributed by atoms with E-state index in [2.05, 4.69) is 10.3 Å². The average Bonchev–Trinajstić information content (AvgIpc) is 2.81. The second-order valence-electron chi connectivity index (χ2n) is 10.5. The molecule has 12 nitrogen and oxygen atoms in total. The highest BCUT2D eigenvalue weighted by atomic mass is 35.5. The van der Waals surface area contributed by atoms with Gasteiger partial charge in [-0.1, -0.05) is 11.6 Å². The first kappa shape index (κ1) is 27.8. The molecule has 1 amide bonds. The van der Waals surface area contributed by atoms with Gasteiger partial charge in [0.1, 0.15) is 22.2 Å². The van der Waals surface area contributed by atoms with Gasteiger partial charge in [0.25, 0.3) is 5.91 Å². The van der Waals surface area contributed by atoms with Crippen LogP contribution in [0.15, 0.2) is 16.9 Å². The number of aliphatic hydroxyl groups is 3. The number of anilines is 1. The molecule has 4 rings (SSSR count). The number of aliphatic hydroxyl groups excluding tert-OH is 2. The third-order valence-corrected chi connectivity index (χ3v) is 7.92. The molecule has 0 bridgehead atoms. The van der Waals surface area contributed by atoms with E-state index in [0.717, 1.165) is 13.0 Å². The van der Waals surface area contributed by atoms with Crippen molar-refractivity contribution < 1.29 is 34.8 Å². The number of nitrogens with zero attached hydrogens (tertiary/aromatic N) is 3. The van der Waals surface area contributed by atoms with Gasteiger partial charge in [0, 0.05) is 23.6 Å². The predicted octanol–water partition coefficient (Wildman–Crippen LogP) is 0.376. The van der Waals surface area contributed by atoms with Crippen molar-refractivity contribution in [1.29, 1.82) is 0 Å². The van der Waals surface area contributed by atoms with Crippen LogP contribution < -0.4 is 11.1 Å². The van der Waals surface area contributed by atoms with Crippen LogP contribution in [0.4, 0.5) is 5.82 Å². The average molecular weight is 550 g/mol. The summed E-state index contributed by atoms with van der Waals surface area (Å²) in [4.78, 5) is 46.7. The molecule has 13 heteroatoms. The summed E-state index contributed by atoms with van der Waals surface area (Å²) in [6, 6.07) is -1.15. The molecule has 0 spiro atoms. The number of hydrogen-bond acceptors (Lipinski definition) is 11. The molecule has 0 aliphatic heterocycles. The number of ketones is 2. The van der Waals surface area contributed by atoms with Crippen molar-refractivity contribution in [2.24, 2.45) is 17.6 Å². The molecule has 4 atom stereocenters. The normalized spacial score (nSPS) is 27.0. The fraction of sp³-hybridized carbons (Fsp3) is 0.520. The molecular formula is C25H32ClN5O7. The van der Waals surface area contributed by atoms with Gasteiger partial charge in [-0.2, -0.15) is 0 Å². The number of amides is 1.